The van der Waals surface area contributed by atoms with Crippen molar-refractivity contribution in [3.63, 3.8) is 0 Å². The largest absolute Gasteiger partial charge is 0.493 e. The van der Waals surface area contributed by atoms with Crippen molar-refractivity contribution in [2.24, 2.45) is 0 Å². The molecule has 134 valence electrons. The number of carbonyl (C=O) groups is 1. The second-order valence-corrected chi connectivity index (χ2v) is 5.73. The highest BCUT2D eigenvalue weighted by molar-refractivity contribution is 5.77. The lowest BCUT2D eigenvalue weighted by Gasteiger charge is -2.15. The molecular formula is C20H25NO4. The smallest absolute Gasteiger partial charge is 0.257 e. The number of methoxy groups -OCH3 is 2. The van der Waals surface area contributed by atoms with E-state index in [1.54, 1.807) is 14.2 Å². The van der Waals surface area contributed by atoms with Crippen LogP contribution in [0.1, 0.15) is 17.5 Å². The summed E-state index contributed by atoms with van der Waals surface area (Å²) in [6, 6.07) is 13.9. The van der Waals surface area contributed by atoms with Gasteiger partial charge in [0.15, 0.2) is 18.1 Å². The Labute approximate surface area is 148 Å². The summed E-state index contributed by atoms with van der Waals surface area (Å²) in [6.45, 7) is 2.47. The van der Waals surface area contributed by atoms with Crippen LogP contribution in [0, 0.1) is 6.92 Å². The standard InChI is InChI=1S/C20H25NO4/c1-15-12-17(23-2)20(18(13-15)24-3)25-14-19(22)21-11-7-10-16-8-5-4-6-9-16/h4-6,8-9,12-13H,7,10-11,14H2,1-3H3,(H,21,22). The highest BCUT2D eigenvalue weighted by Gasteiger charge is 2.14. The Balaban J connectivity index is 1.80. The van der Waals surface area contributed by atoms with Crippen molar-refractivity contribution in [2.45, 2.75) is 19.8 Å². The fourth-order valence-electron chi connectivity index (χ4n) is 2.51. The summed E-state index contributed by atoms with van der Waals surface area (Å²) >= 11 is 0. The Morgan fingerprint density at radius 3 is 2.28 bits per heavy atom. The van der Waals surface area contributed by atoms with Gasteiger partial charge in [-0.3, -0.25) is 4.79 Å². The first-order chi connectivity index (χ1) is 12.1. The lowest BCUT2D eigenvalue weighted by Crippen LogP contribution is -2.30. The molecule has 0 aromatic heterocycles. The summed E-state index contributed by atoms with van der Waals surface area (Å²) in [4.78, 5) is 12.0. The molecule has 0 heterocycles. The number of ether oxygens (including phenoxy) is 3. The normalized spacial score (nSPS) is 10.2. The minimum Gasteiger partial charge on any atom is -0.493 e. The lowest BCUT2D eigenvalue weighted by molar-refractivity contribution is -0.123. The van der Waals surface area contributed by atoms with E-state index in [1.165, 1.54) is 5.56 Å². The van der Waals surface area contributed by atoms with Gasteiger partial charge in [-0.2, -0.15) is 0 Å². The Bertz CT molecular complexity index is 660. The summed E-state index contributed by atoms with van der Waals surface area (Å²) in [7, 11) is 3.12. The molecule has 25 heavy (non-hydrogen) atoms. The van der Waals surface area contributed by atoms with E-state index < -0.39 is 0 Å². The fourth-order valence-corrected chi connectivity index (χ4v) is 2.51. The van der Waals surface area contributed by atoms with E-state index in [9.17, 15) is 4.79 Å². The van der Waals surface area contributed by atoms with Gasteiger partial charge in [-0.05, 0) is 43.0 Å². The van der Waals surface area contributed by atoms with Crippen LogP contribution in [0.5, 0.6) is 17.2 Å². The maximum absolute atomic E-state index is 12.0. The Kier molecular flexibility index (Phi) is 7.14. The van der Waals surface area contributed by atoms with Crippen LogP contribution in [0.15, 0.2) is 42.5 Å². The predicted octanol–water partition coefficient (Wildman–Crippen LogP) is 3.14. The lowest BCUT2D eigenvalue weighted by atomic mass is 10.1. The van der Waals surface area contributed by atoms with Gasteiger partial charge in [0.05, 0.1) is 14.2 Å². The zero-order valence-electron chi connectivity index (χ0n) is 15.0. The third-order valence-corrected chi connectivity index (χ3v) is 3.76. The average Bonchev–Trinajstić information content (AvgIpc) is 2.64. The Morgan fingerprint density at radius 2 is 1.68 bits per heavy atom. The van der Waals surface area contributed by atoms with Gasteiger partial charge in [-0.25, -0.2) is 0 Å². The van der Waals surface area contributed by atoms with Gasteiger partial charge in [0.25, 0.3) is 5.91 Å². The van der Waals surface area contributed by atoms with Gasteiger partial charge in [0.2, 0.25) is 5.75 Å². The summed E-state index contributed by atoms with van der Waals surface area (Å²) in [5, 5.41) is 2.86. The van der Waals surface area contributed by atoms with Crippen molar-refractivity contribution < 1.29 is 19.0 Å². The van der Waals surface area contributed by atoms with E-state index in [0.717, 1.165) is 18.4 Å². The molecule has 0 aliphatic carbocycles. The van der Waals surface area contributed by atoms with Gasteiger partial charge >= 0.3 is 0 Å². The van der Waals surface area contributed by atoms with Crippen LogP contribution in [0.2, 0.25) is 0 Å². The van der Waals surface area contributed by atoms with E-state index in [-0.39, 0.29) is 12.5 Å². The molecular weight excluding hydrogens is 318 g/mol. The topological polar surface area (TPSA) is 56.8 Å². The number of amides is 1. The van der Waals surface area contributed by atoms with Crippen LogP contribution in [0.4, 0.5) is 0 Å². The van der Waals surface area contributed by atoms with Crippen molar-refractivity contribution in [3.8, 4) is 17.2 Å². The number of nitrogens with one attached hydrogen (secondary N) is 1. The first-order valence-corrected chi connectivity index (χ1v) is 8.30. The van der Waals surface area contributed by atoms with E-state index >= 15 is 0 Å². The highest BCUT2D eigenvalue weighted by Crippen LogP contribution is 2.38. The van der Waals surface area contributed by atoms with Crippen molar-refractivity contribution in [1.29, 1.82) is 0 Å². The highest BCUT2D eigenvalue weighted by atomic mass is 16.5. The van der Waals surface area contributed by atoms with Gasteiger partial charge < -0.3 is 19.5 Å². The van der Waals surface area contributed by atoms with Gasteiger partial charge in [0, 0.05) is 6.54 Å². The number of hydrogen-bond donors (Lipinski definition) is 1. The SMILES string of the molecule is COc1cc(C)cc(OC)c1OCC(=O)NCCCc1ccccc1. The molecule has 2 aromatic rings. The molecule has 2 aromatic carbocycles. The number of hydrogen-bond acceptors (Lipinski definition) is 4. The Hall–Kier alpha value is -2.69. The number of carbonyl (C=O) groups excluding carboxylic acids is 1. The molecule has 0 bridgehead atoms. The summed E-state index contributed by atoms with van der Waals surface area (Å²) < 4.78 is 16.2. The molecule has 0 radical (unpaired) electrons. The van der Waals surface area contributed by atoms with Crippen LogP contribution in [-0.2, 0) is 11.2 Å². The monoisotopic (exact) mass is 343 g/mol. The minimum absolute atomic E-state index is 0.0822. The van der Waals surface area contributed by atoms with Gasteiger partial charge in [-0.1, -0.05) is 30.3 Å². The van der Waals surface area contributed by atoms with Gasteiger partial charge in [-0.15, -0.1) is 0 Å². The molecule has 0 spiro atoms. The van der Waals surface area contributed by atoms with Crippen LogP contribution in [-0.4, -0.2) is 33.3 Å². The fraction of sp³-hybridized carbons (Fsp3) is 0.350. The van der Waals surface area contributed by atoms with Crippen LogP contribution >= 0.6 is 0 Å². The molecule has 2 rings (SSSR count). The van der Waals surface area contributed by atoms with Crippen molar-refractivity contribution in [3.05, 3.63) is 53.6 Å². The maximum atomic E-state index is 12.0. The molecule has 0 saturated heterocycles. The molecule has 5 heteroatoms. The molecule has 0 saturated carbocycles. The maximum Gasteiger partial charge on any atom is 0.257 e. The van der Waals surface area contributed by atoms with Gasteiger partial charge in [0.1, 0.15) is 0 Å². The molecule has 0 fully saturated rings. The minimum atomic E-state index is -0.169. The number of benzene rings is 2. The average molecular weight is 343 g/mol. The number of rotatable bonds is 9. The zero-order chi connectivity index (χ0) is 18.1. The molecule has 1 amide bonds. The van der Waals surface area contributed by atoms with Crippen LogP contribution in [0.25, 0.3) is 0 Å². The first-order valence-electron chi connectivity index (χ1n) is 8.30. The quantitative estimate of drug-likeness (QED) is 0.711. The summed E-state index contributed by atoms with van der Waals surface area (Å²) in [5.74, 6) is 1.37. The third kappa shape index (κ3) is 5.71. The molecule has 5 nitrogen and oxygen atoms in total. The van der Waals surface area contributed by atoms with Crippen LogP contribution < -0.4 is 19.5 Å². The zero-order valence-corrected chi connectivity index (χ0v) is 15.0. The van der Waals surface area contributed by atoms with E-state index in [4.69, 9.17) is 14.2 Å². The molecule has 1 N–H and O–H groups in total. The van der Waals surface area contributed by atoms with Crippen LogP contribution in [0.3, 0.4) is 0 Å². The number of aryl methyl sites for hydroxylation is 2. The van der Waals surface area contributed by atoms with Crippen molar-refractivity contribution >= 4 is 5.91 Å². The summed E-state index contributed by atoms with van der Waals surface area (Å²) in [5.41, 5.74) is 2.26. The molecule has 0 atom stereocenters. The second kappa shape index (κ2) is 9.57. The van der Waals surface area contributed by atoms with E-state index in [1.807, 2.05) is 37.3 Å². The first kappa shape index (κ1) is 18.6. The molecule has 0 unspecified atom stereocenters. The molecule has 0 aliphatic rings. The van der Waals surface area contributed by atoms with E-state index in [2.05, 4.69) is 17.4 Å². The third-order valence-electron chi connectivity index (χ3n) is 3.76. The predicted molar refractivity (Wildman–Crippen MR) is 97.6 cm³/mol. The summed E-state index contributed by atoms with van der Waals surface area (Å²) in [6.07, 6.45) is 1.81. The molecule has 0 aliphatic heterocycles. The van der Waals surface area contributed by atoms with Crippen molar-refractivity contribution in [1.82, 2.24) is 5.32 Å². The second-order valence-electron chi connectivity index (χ2n) is 5.73. The Morgan fingerprint density at radius 1 is 1.04 bits per heavy atom. The van der Waals surface area contributed by atoms with E-state index in [0.29, 0.717) is 23.8 Å². The van der Waals surface area contributed by atoms with Crippen molar-refractivity contribution in [2.75, 3.05) is 27.4 Å².